The van der Waals surface area contributed by atoms with Crippen molar-refractivity contribution in [1.29, 1.82) is 0 Å². The summed E-state index contributed by atoms with van der Waals surface area (Å²) in [7, 11) is 0. The SMILES string of the molecule is Cc1cccc(-n2c(SCCCCC(=O)NC3CCCCNC3=O)nnc2-c2ccco2)c1. The maximum absolute atomic E-state index is 12.3. The van der Waals surface area contributed by atoms with E-state index in [0.717, 1.165) is 47.8 Å². The molecular weight excluding hydrogens is 438 g/mol. The average Bonchev–Trinajstić information content (AvgIpc) is 3.43. The van der Waals surface area contributed by atoms with Crippen molar-refractivity contribution in [3.8, 4) is 17.3 Å². The van der Waals surface area contributed by atoms with Crippen molar-refractivity contribution in [1.82, 2.24) is 25.4 Å². The van der Waals surface area contributed by atoms with Crippen molar-refractivity contribution in [2.45, 2.75) is 56.6 Å². The smallest absolute Gasteiger partial charge is 0.242 e. The van der Waals surface area contributed by atoms with Gasteiger partial charge in [-0.3, -0.25) is 14.2 Å². The van der Waals surface area contributed by atoms with Gasteiger partial charge in [-0.05, 0) is 68.9 Å². The maximum atomic E-state index is 12.3. The van der Waals surface area contributed by atoms with E-state index in [4.69, 9.17) is 4.42 Å². The zero-order valence-electron chi connectivity index (χ0n) is 18.8. The van der Waals surface area contributed by atoms with E-state index < -0.39 is 6.04 Å². The zero-order chi connectivity index (χ0) is 23.0. The van der Waals surface area contributed by atoms with E-state index in [9.17, 15) is 9.59 Å². The molecule has 1 aliphatic heterocycles. The highest BCUT2D eigenvalue weighted by molar-refractivity contribution is 7.99. The van der Waals surface area contributed by atoms with Crippen LogP contribution in [0.3, 0.4) is 0 Å². The topological polar surface area (TPSA) is 102 Å². The number of aromatic nitrogens is 3. The van der Waals surface area contributed by atoms with Gasteiger partial charge in [-0.2, -0.15) is 0 Å². The lowest BCUT2D eigenvalue weighted by molar-refractivity contribution is -0.128. The van der Waals surface area contributed by atoms with Gasteiger partial charge in [0, 0.05) is 18.7 Å². The van der Waals surface area contributed by atoms with Crippen molar-refractivity contribution in [2.24, 2.45) is 0 Å². The zero-order valence-corrected chi connectivity index (χ0v) is 19.6. The van der Waals surface area contributed by atoms with Crippen LogP contribution in [0.25, 0.3) is 17.3 Å². The van der Waals surface area contributed by atoms with Gasteiger partial charge in [0.15, 0.2) is 10.9 Å². The average molecular weight is 468 g/mol. The van der Waals surface area contributed by atoms with Gasteiger partial charge in [-0.25, -0.2) is 0 Å². The standard InChI is InChI=1S/C24H29N5O3S/c1-17-8-6-9-18(16-17)29-22(20-11-7-14-32-20)27-28-24(29)33-15-5-3-12-21(30)26-19-10-2-4-13-25-23(19)31/h6-9,11,14,16,19H,2-5,10,12-13,15H2,1H3,(H,25,31)(H,26,30). The Kier molecular flexibility index (Phi) is 7.83. The highest BCUT2D eigenvalue weighted by atomic mass is 32.2. The predicted molar refractivity (Wildman–Crippen MR) is 127 cm³/mol. The molecule has 33 heavy (non-hydrogen) atoms. The summed E-state index contributed by atoms with van der Waals surface area (Å²) < 4.78 is 7.57. The first-order chi connectivity index (χ1) is 16.1. The van der Waals surface area contributed by atoms with Gasteiger partial charge in [0.1, 0.15) is 6.04 Å². The van der Waals surface area contributed by atoms with E-state index in [1.807, 2.05) is 28.8 Å². The number of unbranched alkanes of at least 4 members (excludes halogenated alkanes) is 1. The molecule has 0 radical (unpaired) electrons. The Balaban J connectivity index is 1.32. The van der Waals surface area contributed by atoms with Gasteiger partial charge >= 0.3 is 0 Å². The quantitative estimate of drug-likeness (QED) is 0.366. The molecule has 2 amide bonds. The van der Waals surface area contributed by atoms with Crippen LogP contribution < -0.4 is 10.6 Å². The van der Waals surface area contributed by atoms with Gasteiger partial charge in [0.2, 0.25) is 17.6 Å². The molecule has 1 atom stereocenters. The van der Waals surface area contributed by atoms with Crippen LogP contribution in [0.1, 0.15) is 44.1 Å². The van der Waals surface area contributed by atoms with Crippen LogP contribution in [0.4, 0.5) is 0 Å². The maximum Gasteiger partial charge on any atom is 0.242 e. The number of hydrogen-bond acceptors (Lipinski definition) is 6. The monoisotopic (exact) mass is 467 g/mol. The van der Waals surface area contributed by atoms with E-state index in [1.165, 1.54) is 0 Å². The summed E-state index contributed by atoms with van der Waals surface area (Å²) in [5.41, 5.74) is 2.13. The fraction of sp³-hybridized carbons (Fsp3) is 0.417. The highest BCUT2D eigenvalue weighted by Crippen LogP contribution is 2.29. The highest BCUT2D eigenvalue weighted by Gasteiger charge is 2.22. The van der Waals surface area contributed by atoms with Gasteiger partial charge < -0.3 is 15.1 Å². The Bertz CT molecular complexity index is 1080. The Labute approximate surface area is 197 Å². The molecule has 0 spiro atoms. The van der Waals surface area contributed by atoms with E-state index in [1.54, 1.807) is 18.0 Å². The molecular formula is C24H29N5O3S. The molecule has 4 rings (SSSR count). The van der Waals surface area contributed by atoms with Crippen molar-refractivity contribution >= 4 is 23.6 Å². The minimum Gasteiger partial charge on any atom is -0.461 e. The fourth-order valence-corrected chi connectivity index (χ4v) is 4.77. The van der Waals surface area contributed by atoms with Crippen molar-refractivity contribution in [2.75, 3.05) is 12.3 Å². The lowest BCUT2D eigenvalue weighted by Crippen LogP contribution is -2.45. The number of amides is 2. The van der Waals surface area contributed by atoms with Crippen LogP contribution in [0.15, 0.2) is 52.2 Å². The number of nitrogens with zero attached hydrogens (tertiary/aromatic N) is 3. The third kappa shape index (κ3) is 6.04. The molecule has 174 valence electrons. The van der Waals surface area contributed by atoms with Crippen LogP contribution in [0.5, 0.6) is 0 Å². The number of carbonyl (C=O) groups is 2. The molecule has 1 aromatic carbocycles. The molecule has 2 aromatic heterocycles. The van der Waals surface area contributed by atoms with Crippen molar-refractivity contribution in [3.63, 3.8) is 0 Å². The summed E-state index contributed by atoms with van der Waals surface area (Å²) in [6.45, 7) is 2.74. The Morgan fingerprint density at radius 1 is 1.24 bits per heavy atom. The van der Waals surface area contributed by atoms with Gasteiger partial charge in [0.05, 0.1) is 12.0 Å². The first-order valence-electron chi connectivity index (χ1n) is 11.4. The molecule has 0 saturated carbocycles. The third-order valence-electron chi connectivity index (χ3n) is 5.53. The summed E-state index contributed by atoms with van der Waals surface area (Å²) >= 11 is 1.61. The number of hydrogen-bond donors (Lipinski definition) is 2. The summed E-state index contributed by atoms with van der Waals surface area (Å²) in [6, 6.07) is 11.5. The second kappa shape index (κ2) is 11.2. The second-order valence-corrected chi connectivity index (χ2v) is 9.23. The first kappa shape index (κ1) is 23.1. The van der Waals surface area contributed by atoms with Crippen molar-refractivity contribution < 1.29 is 14.0 Å². The minimum atomic E-state index is -0.401. The van der Waals surface area contributed by atoms with Crippen LogP contribution >= 0.6 is 11.8 Å². The van der Waals surface area contributed by atoms with Crippen LogP contribution in [0.2, 0.25) is 0 Å². The Morgan fingerprint density at radius 3 is 2.97 bits per heavy atom. The normalized spacial score (nSPS) is 16.3. The Morgan fingerprint density at radius 2 is 2.15 bits per heavy atom. The number of benzene rings is 1. The molecule has 3 heterocycles. The lowest BCUT2D eigenvalue weighted by Gasteiger charge is -2.15. The fourth-order valence-electron chi connectivity index (χ4n) is 3.82. The molecule has 2 N–H and O–H groups in total. The lowest BCUT2D eigenvalue weighted by atomic mass is 10.1. The molecule has 0 aliphatic carbocycles. The van der Waals surface area contributed by atoms with E-state index >= 15 is 0 Å². The van der Waals surface area contributed by atoms with E-state index in [2.05, 4.69) is 39.9 Å². The molecule has 1 fully saturated rings. The summed E-state index contributed by atoms with van der Waals surface area (Å²) in [4.78, 5) is 24.3. The van der Waals surface area contributed by atoms with Gasteiger partial charge in [-0.1, -0.05) is 23.9 Å². The molecule has 0 bridgehead atoms. The number of carbonyl (C=O) groups excluding carboxylic acids is 2. The predicted octanol–water partition coefficient (Wildman–Crippen LogP) is 3.88. The van der Waals surface area contributed by atoms with Crippen LogP contribution in [-0.2, 0) is 9.59 Å². The molecule has 1 unspecified atom stereocenters. The van der Waals surface area contributed by atoms with Crippen LogP contribution in [-0.4, -0.2) is 44.9 Å². The van der Waals surface area contributed by atoms with Crippen LogP contribution in [0, 0.1) is 6.92 Å². The Hall–Kier alpha value is -3.07. The summed E-state index contributed by atoms with van der Waals surface area (Å²) in [5.74, 6) is 1.99. The molecule has 1 aliphatic rings. The van der Waals surface area contributed by atoms with E-state index in [0.29, 0.717) is 31.0 Å². The second-order valence-electron chi connectivity index (χ2n) is 8.17. The molecule has 8 nitrogen and oxygen atoms in total. The molecule has 3 aromatic rings. The number of thioether (sulfide) groups is 1. The minimum absolute atomic E-state index is 0.0647. The number of rotatable bonds is 9. The largest absolute Gasteiger partial charge is 0.461 e. The first-order valence-corrected chi connectivity index (χ1v) is 12.4. The number of aryl methyl sites for hydroxylation is 1. The van der Waals surface area contributed by atoms with Crippen molar-refractivity contribution in [3.05, 3.63) is 48.2 Å². The molecule has 9 heteroatoms. The van der Waals surface area contributed by atoms with E-state index in [-0.39, 0.29) is 11.8 Å². The number of furan rings is 1. The van der Waals surface area contributed by atoms with Gasteiger partial charge in [0.25, 0.3) is 0 Å². The number of nitrogens with one attached hydrogen (secondary N) is 2. The third-order valence-corrected chi connectivity index (χ3v) is 6.55. The summed E-state index contributed by atoms with van der Waals surface area (Å²) in [6.07, 6.45) is 6.25. The summed E-state index contributed by atoms with van der Waals surface area (Å²) in [5, 5.41) is 15.3. The van der Waals surface area contributed by atoms with Gasteiger partial charge in [-0.15, -0.1) is 10.2 Å². The molecule has 1 saturated heterocycles.